The standard InChI is InChI=1S/C17H26N2O2/c1-13-4-5-16(14(2)12-13)21-11-8-17(20)19(3)15-6-9-18-10-7-15/h4-5,12,15,18H,6-11H2,1-3H3. The molecule has 116 valence electrons. The summed E-state index contributed by atoms with van der Waals surface area (Å²) < 4.78 is 5.74. The van der Waals surface area contributed by atoms with Gasteiger partial charge >= 0.3 is 0 Å². The third-order valence-corrected chi connectivity index (χ3v) is 4.15. The van der Waals surface area contributed by atoms with E-state index < -0.39 is 0 Å². The van der Waals surface area contributed by atoms with Crippen LogP contribution in [0.5, 0.6) is 5.75 Å². The van der Waals surface area contributed by atoms with E-state index in [4.69, 9.17) is 4.74 Å². The van der Waals surface area contributed by atoms with Crippen LogP contribution in [0.3, 0.4) is 0 Å². The van der Waals surface area contributed by atoms with Crippen molar-refractivity contribution in [2.24, 2.45) is 0 Å². The summed E-state index contributed by atoms with van der Waals surface area (Å²) in [5, 5.41) is 3.32. The summed E-state index contributed by atoms with van der Waals surface area (Å²) >= 11 is 0. The lowest BCUT2D eigenvalue weighted by Gasteiger charge is -2.31. The van der Waals surface area contributed by atoms with Gasteiger partial charge in [0.15, 0.2) is 0 Å². The third kappa shape index (κ3) is 4.46. The Bertz CT molecular complexity index is 482. The first kappa shape index (κ1) is 15.8. The van der Waals surface area contributed by atoms with Gasteiger partial charge in [-0.05, 0) is 51.4 Å². The molecule has 0 radical (unpaired) electrons. The smallest absolute Gasteiger partial charge is 0.225 e. The number of carbonyl (C=O) groups excluding carboxylic acids is 1. The van der Waals surface area contributed by atoms with Crippen LogP contribution in [0.15, 0.2) is 18.2 Å². The number of amides is 1. The quantitative estimate of drug-likeness (QED) is 0.904. The van der Waals surface area contributed by atoms with Crippen molar-refractivity contribution in [2.75, 3.05) is 26.7 Å². The molecule has 0 aliphatic carbocycles. The van der Waals surface area contributed by atoms with Crippen molar-refractivity contribution in [1.29, 1.82) is 0 Å². The number of rotatable bonds is 5. The molecule has 21 heavy (non-hydrogen) atoms. The molecule has 2 rings (SSSR count). The molecule has 4 heteroatoms. The number of piperidine rings is 1. The van der Waals surface area contributed by atoms with E-state index in [9.17, 15) is 4.79 Å². The summed E-state index contributed by atoms with van der Waals surface area (Å²) in [5.41, 5.74) is 2.34. The fourth-order valence-corrected chi connectivity index (χ4v) is 2.78. The molecule has 1 amide bonds. The Morgan fingerprint density at radius 3 is 2.71 bits per heavy atom. The van der Waals surface area contributed by atoms with Crippen LogP contribution in [-0.4, -0.2) is 43.6 Å². The van der Waals surface area contributed by atoms with Gasteiger partial charge < -0.3 is 15.0 Å². The van der Waals surface area contributed by atoms with Gasteiger partial charge in [0, 0.05) is 13.1 Å². The SMILES string of the molecule is Cc1ccc(OCCC(=O)N(C)C2CCNCC2)c(C)c1. The van der Waals surface area contributed by atoms with Gasteiger partial charge in [-0.2, -0.15) is 0 Å². The van der Waals surface area contributed by atoms with Crippen molar-refractivity contribution in [3.8, 4) is 5.75 Å². The van der Waals surface area contributed by atoms with Crippen LogP contribution in [0.4, 0.5) is 0 Å². The van der Waals surface area contributed by atoms with Gasteiger partial charge in [0.25, 0.3) is 0 Å². The summed E-state index contributed by atoms with van der Waals surface area (Å²) in [6.07, 6.45) is 2.52. The molecule has 0 atom stereocenters. The average Bonchev–Trinajstić information content (AvgIpc) is 2.49. The normalized spacial score (nSPS) is 15.8. The minimum absolute atomic E-state index is 0.173. The molecular formula is C17H26N2O2. The Labute approximate surface area is 127 Å². The molecular weight excluding hydrogens is 264 g/mol. The molecule has 1 saturated heterocycles. The third-order valence-electron chi connectivity index (χ3n) is 4.15. The molecule has 1 fully saturated rings. The highest BCUT2D eigenvalue weighted by Crippen LogP contribution is 2.19. The van der Waals surface area contributed by atoms with Crippen molar-refractivity contribution < 1.29 is 9.53 Å². The summed E-state index contributed by atoms with van der Waals surface area (Å²) in [4.78, 5) is 14.1. The molecule has 4 nitrogen and oxygen atoms in total. The van der Waals surface area contributed by atoms with E-state index in [0.717, 1.165) is 37.2 Å². The molecule has 0 saturated carbocycles. The number of benzene rings is 1. The number of hydrogen-bond acceptors (Lipinski definition) is 3. The zero-order valence-electron chi connectivity index (χ0n) is 13.3. The molecule has 0 unspecified atom stereocenters. The van der Waals surface area contributed by atoms with Crippen LogP contribution in [-0.2, 0) is 4.79 Å². The van der Waals surface area contributed by atoms with Gasteiger partial charge in [0.05, 0.1) is 13.0 Å². The maximum Gasteiger partial charge on any atom is 0.225 e. The van der Waals surface area contributed by atoms with E-state index in [2.05, 4.69) is 18.3 Å². The van der Waals surface area contributed by atoms with Crippen LogP contribution in [0.2, 0.25) is 0 Å². The van der Waals surface area contributed by atoms with Crippen molar-refractivity contribution in [3.05, 3.63) is 29.3 Å². The first-order valence-corrected chi connectivity index (χ1v) is 7.74. The van der Waals surface area contributed by atoms with E-state index in [1.54, 1.807) is 0 Å². The van der Waals surface area contributed by atoms with Gasteiger partial charge in [-0.3, -0.25) is 4.79 Å². The second-order valence-corrected chi connectivity index (χ2v) is 5.85. The van der Waals surface area contributed by atoms with Crippen LogP contribution < -0.4 is 10.1 Å². The second kappa shape index (κ2) is 7.46. The number of carbonyl (C=O) groups is 1. The largest absolute Gasteiger partial charge is 0.493 e. The van der Waals surface area contributed by atoms with E-state index in [1.165, 1.54) is 5.56 Å². The molecule has 1 aliphatic heterocycles. The summed E-state index contributed by atoms with van der Waals surface area (Å²) in [7, 11) is 1.91. The lowest BCUT2D eigenvalue weighted by atomic mass is 10.1. The maximum absolute atomic E-state index is 12.2. The average molecular weight is 290 g/mol. The van der Waals surface area contributed by atoms with E-state index in [1.807, 2.05) is 31.0 Å². The van der Waals surface area contributed by atoms with E-state index >= 15 is 0 Å². The predicted octanol–water partition coefficient (Wildman–Crippen LogP) is 2.28. The van der Waals surface area contributed by atoms with Crippen LogP contribution in [0, 0.1) is 13.8 Å². The molecule has 0 bridgehead atoms. The molecule has 1 heterocycles. The van der Waals surface area contributed by atoms with Crippen LogP contribution >= 0.6 is 0 Å². The highest BCUT2D eigenvalue weighted by atomic mass is 16.5. The van der Waals surface area contributed by atoms with Crippen molar-refractivity contribution in [1.82, 2.24) is 10.2 Å². The zero-order chi connectivity index (χ0) is 15.2. The summed E-state index contributed by atoms with van der Waals surface area (Å²) in [5.74, 6) is 1.05. The number of ether oxygens (including phenoxy) is 1. The lowest BCUT2D eigenvalue weighted by Crippen LogP contribution is -2.44. The first-order valence-electron chi connectivity index (χ1n) is 7.74. The Hall–Kier alpha value is -1.55. The Morgan fingerprint density at radius 2 is 2.05 bits per heavy atom. The number of nitrogens with zero attached hydrogens (tertiary/aromatic N) is 1. The molecule has 1 aromatic rings. The van der Waals surface area contributed by atoms with Crippen LogP contribution in [0.1, 0.15) is 30.4 Å². The number of nitrogens with one attached hydrogen (secondary N) is 1. The Kier molecular flexibility index (Phi) is 5.62. The fraction of sp³-hybridized carbons (Fsp3) is 0.588. The maximum atomic E-state index is 12.2. The highest BCUT2D eigenvalue weighted by molar-refractivity contribution is 5.76. The number of aryl methyl sites for hydroxylation is 2. The van der Waals surface area contributed by atoms with Crippen molar-refractivity contribution in [2.45, 2.75) is 39.2 Å². The topological polar surface area (TPSA) is 41.6 Å². The Morgan fingerprint density at radius 1 is 1.33 bits per heavy atom. The molecule has 0 spiro atoms. The van der Waals surface area contributed by atoms with Crippen molar-refractivity contribution >= 4 is 5.91 Å². The van der Waals surface area contributed by atoms with Gasteiger partial charge in [-0.15, -0.1) is 0 Å². The van der Waals surface area contributed by atoms with Crippen molar-refractivity contribution in [3.63, 3.8) is 0 Å². The first-order chi connectivity index (χ1) is 10.1. The zero-order valence-corrected chi connectivity index (χ0v) is 13.3. The predicted molar refractivity (Wildman–Crippen MR) is 84.7 cm³/mol. The molecule has 0 aromatic heterocycles. The lowest BCUT2D eigenvalue weighted by molar-refractivity contribution is -0.132. The highest BCUT2D eigenvalue weighted by Gasteiger charge is 2.21. The van der Waals surface area contributed by atoms with Gasteiger partial charge in [0.1, 0.15) is 5.75 Å². The monoisotopic (exact) mass is 290 g/mol. The number of hydrogen-bond donors (Lipinski definition) is 1. The fourth-order valence-electron chi connectivity index (χ4n) is 2.78. The molecule has 1 aliphatic rings. The minimum Gasteiger partial charge on any atom is -0.493 e. The van der Waals surface area contributed by atoms with E-state index in [0.29, 0.717) is 19.1 Å². The minimum atomic E-state index is 0.173. The van der Waals surface area contributed by atoms with Gasteiger partial charge in [0.2, 0.25) is 5.91 Å². The summed E-state index contributed by atoms with van der Waals surface area (Å²) in [6.45, 7) is 6.54. The van der Waals surface area contributed by atoms with E-state index in [-0.39, 0.29) is 5.91 Å². The Balaban J connectivity index is 1.78. The summed E-state index contributed by atoms with van der Waals surface area (Å²) in [6, 6.07) is 6.48. The van der Waals surface area contributed by atoms with Gasteiger partial charge in [-0.1, -0.05) is 17.7 Å². The molecule has 1 aromatic carbocycles. The second-order valence-electron chi connectivity index (χ2n) is 5.85. The molecule has 1 N–H and O–H groups in total. The van der Waals surface area contributed by atoms with Gasteiger partial charge in [-0.25, -0.2) is 0 Å². The van der Waals surface area contributed by atoms with Crippen LogP contribution in [0.25, 0.3) is 0 Å².